The summed E-state index contributed by atoms with van der Waals surface area (Å²) < 4.78 is 24.1. The second-order valence-electron chi connectivity index (χ2n) is 2.97. The van der Waals surface area contributed by atoms with Gasteiger partial charge in [0.05, 0.1) is 0 Å². The zero-order valence-corrected chi connectivity index (χ0v) is 6.11. The van der Waals surface area contributed by atoms with Crippen molar-refractivity contribution in [3.63, 3.8) is 0 Å². The highest BCUT2D eigenvalue weighted by Crippen LogP contribution is 2.22. The average Bonchev–Trinajstić information content (AvgIpc) is 1.88. The van der Waals surface area contributed by atoms with Gasteiger partial charge < -0.3 is 5.32 Å². The molecule has 10 heavy (non-hydrogen) atoms. The molecule has 0 aromatic carbocycles. The van der Waals surface area contributed by atoms with Crippen LogP contribution in [0.5, 0.6) is 0 Å². The second kappa shape index (κ2) is 3.28. The van der Waals surface area contributed by atoms with Crippen LogP contribution in [-0.2, 0) is 0 Å². The Morgan fingerprint density at radius 2 is 2.20 bits per heavy atom. The third-order valence-corrected chi connectivity index (χ3v) is 2.02. The molecule has 0 amide bonds. The highest BCUT2D eigenvalue weighted by atomic mass is 19.3. The molecule has 1 saturated heterocycles. The lowest BCUT2D eigenvalue weighted by molar-refractivity contribution is 0.0519. The van der Waals surface area contributed by atoms with E-state index in [0.29, 0.717) is 12.8 Å². The Labute approximate surface area is 59.8 Å². The largest absolute Gasteiger partial charge is 0.314 e. The van der Waals surface area contributed by atoms with Gasteiger partial charge >= 0.3 is 0 Å². The molecule has 0 saturated carbocycles. The molecule has 1 N–H and O–H groups in total. The van der Waals surface area contributed by atoms with Gasteiger partial charge in [-0.25, -0.2) is 8.78 Å². The van der Waals surface area contributed by atoms with Crippen LogP contribution < -0.4 is 5.32 Å². The van der Waals surface area contributed by atoms with E-state index in [9.17, 15) is 8.78 Å². The van der Waals surface area contributed by atoms with Crippen molar-refractivity contribution < 1.29 is 8.78 Å². The first-order chi connectivity index (χ1) is 4.70. The van der Waals surface area contributed by atoms with Crippen LogP contribution in [0.15, 0.2) is 0 Å². The minimum Gasteiger partial charge on any atom is -0.314 e. The molecule has 0 aliphatic carbocycles. The predicted octanol–water partition coefficient (Wildman–Crippen LogP) is 1.64. The fraction of sp³-hybridized carbons (Fsp3) is 1.00. The van der Waals surface area contributed by atoms with Gasteiger partial charge in [-0.05, 0) is 26.3 Å². The highest BCUT2D eigenvalue weighted by molar-refractivity contribution is 4.76. The number of halogens is 2. The zero-order chi connectivity index (χ0) is 7.56. The zero-order valence-electron chi connectivity index (χ0n) is 6.11. The van der Waals surface area contributed by atoms with Crippen molar-refractivity contribution in [1.29, 1.82) is 0 Å². The monoisotopic (exact) mass is 149 g/mol. The highest BCUT2D eigenvalue weighted by Gasteiger charge is 2.25. The summed E-state index contributed by atoms with van der Waals surface area (Å²) in [7, 11) is 0. The smallest absolute Gasteiger partial charge is 0.241 e. The van der Waals surface area contributed by atoms with Gasteiger partial charge in [-0.1, -0.05) is 0 Å². The van der Waals surface area contributed by atoms with Crippen LogP contribution >= 0.6 is 0 Å². The summed E-state index contributed by atoms with van der Waals surface area (Å²) in [6.07, 6.45) is -0.871. The van der Waals surface area contributed by atoms with Gasteiger partial charge in [0, 0.05) is 12.0 Å². The number of hydrogen-bond acceptors (Lipinski definition) is 1. The minimum absolute atomic E-state index is 0.271. The van der Waals surface area contributed by atoms with Gasteiger partial charge in [0.25, 0.3) is 0 Å². The van der Waals surface area contributed by atoms with Crippen molar-refractivity contribution >= 4 is 0 Å². The molecule has 3 heteroatoms. The third-order valence-electron chi connectivity index (χ3n) is 2.02. The van der Waals surface area contributed by atoms with Crippen LogP contribution in [-0.4, -0.2) is 19.0 Å². The minimum atomic E-state index is -2.12. The molecule has 1 nitrogen and oxygen atoms in total. The van der Waals surface area contributed by atoms with Crippen molar-refractivity contribution in [1.82, 2.24) is 5.32 Å². The summed E-state index contributed by atoms with van der Waals surface area (Å²) in [6, 6.07) is 0.271. The molecule has 60 valence electrons. The topological polar surface area (TPSA) is 12.0 Å². The van der Waals surface area contributed by atoms with Gasteiger partial charge in [0.2, 0.25) is 6.43 Å². The van der Waals surface area contributed by atoms with Gasteiger partial charge in [0.1, 0.15) is 0 Å². The number of rotatable bonds is 1. The van der Waals surface area contributed by atoms with Crippen LogP contribution in [0, 0.1) is 5.92 Å². The Hall–Kier alpha value is -0.180. The van der Waals surface area contributed by atoms with E-state index in [1.807, 2.05) is 6.92 Å². The molecule has 0 spiro atoms. The summed E-state index contributed by atoms with van der Waals surface area (Å²) in [4.78, 5) is 0. The van der Waals surface area contributed by atoms with E-state index in [2.05, 4.69) is 5.32 Å². The third kappa shape index (κ3) is 1.90. The molecular formula is C7H13F2N. The molecule has 1 aliphatic heterocycles. The standard InChI is InChI=1S/C7H13F2N/c1-5-4-6(7(8)9)2-3-10-5/h5-7,10H,2-4H2,1H3/t5-,6-/m0/s1. The van der Waals surface area contributed by atoms with Gasteiger partial charge in [0.15, 0.2) is 0 Å². The average molecular weight is 149 g/mol. The van der Waals surface area contributed by atoms with E-state index in [-0.39, 0.29) is 12.0 Å². The maximum Gasteiger partial charge on any atom is 0.241 e. The van der Waals surface area contributed by atoms with E-state index in [1.165, 1.54) is 0 Å². The summed E-state index contributed by atoms with van der Waals surface area (Å²) in [6.45, 7) is 2.70. The Morgan fingerprint density at radius 1 is 1.50 bits per heavy atom. The first-order valence-corrected chi connectivity index (χ1v) is 3.71. The fourth-order valence-electron chi connectivity index (χ4n) is 1.40. The maximum atomic E-state index is 12.1. The van der Waals surface area contributed by atoms with Crippen molar-refractivity contribution in [3.05, 3.63) is 0 Å². The molecule has 1 aliphatic rings. The molecule has 1 rings (SSSR count). The van der Waals surface area contributed by atoms with Crippen molar-refractivity contribution in [3.8, 4) is 0 Å². The van der Waals surface area contributed by atoms with Gasteiger partial charge in [-0.3, -0.25) is 0 Å². The lowest BCUT2D eigenvalue weighted by atomic mass is 9.94. The Balaban J connectivity index is 2.32. The van der Waals surface area contributed by atoms with E-state index in [1.54, 1.807) is 0 Å². The molecule has 0 aromatic heterocycles. The number of piperidine rings is 1. The summed E-state index contributed by atoms with van der Waals surface area (Å²) in [5, 5.41) is 3.13. The molecule has 0 radical (unpaired) electrons. The number of alkyl halides is 2. The van der Waals surface area contributed by atoms with E-state index in [0.717, 1.165) is 6.54 Å². The molecule has 0 unspecified atom stereocenters. The quantitative estimate of drug-likeness (QED) is 0.597. The number of nitrogens with one attached hydrogen (secondary N) is 1. The summed E-state index contributed by atoms with van der Waals surface area (Å²) in [5.41, 5.74) is 0. The molecule has 1 fully saturated rings. The van der Waals surface area contributed by atoms with Crippen LogP contribution in [0.3, 0.4) is 0 Å². The first-order valence-electron chi connectivity index (χ1n) is 3.71. The normalized spacial score (nSPS) is 34.8. The van der Waals surface area contributed by atoms with E-state index in [4.69, 9.17) is 0 Å². The first kappa shape index (κ1) is 7.92. The van der Waals surface area contributed by atoms with Crippen LogP contribution in [0.4, 0.5) is 8.78 Å². The maximum absolute atomic E-state index is 12.1. The molecular weight excluding hydrogens is 136 g/mol. The predicted molar refractivity (Wildman–Crippen MR) is 36.2 cm³/mol. The summed E-state index contributed by atoms with van der Waals surface area (Å²) in [5.74, 6) is -0.365. The van der Waals surface area contributed by atoms with Crippen molar-refractivity contribution in [2.45, 2.75) is 32.2 Å². The van der Waals surface area contributed by atoms with Crippen LogP contribution in [0.1, 0.15) is 19.8 Å². The Bertz CT molecular complexity index is 106. The van der Waals surface area contributed by atoms with Crippen molar-refractivity contribution in [2.24, 2.45) is 5.92 Å². The van der Waals surface area contributed by atoms with Crippen LogP contribution in [0.2, 0.25) is 0 Å². The second-order valence-corrected chi connectivity index (χ2v) is 2.97. The van der Waals surface area contributed by atoms with Crippen molar-refractivity contribution in [2.75, 3.05) is 6.54 Å². The number of hydrogen-bond donors (Lipinski definition) is 1. The lowest BCUT2D eigenvalue weighted by Gasteiger charge is -2.27. The Morgan fingerprint density at radius 3 is 2.60 bits per heavy atom. The van der Waals surface area contributed by atoms with Gasteiger partial charge in [-0.2, -0.15) is 0 Å². The van der Waals surface area contributed by atoms with E-state index < -0.39 is 6.43 Å². The molecule has 0 aromatic rings. The Kier molecular flexibility index (Phi) is 2.60. The SMILES string of the molecule is C[C@H]1C[C@@H](C(F)F)CCN1. The summed E-state index contributed by atoms with van der Waals surface area (Å²) >= 11 is 0. The van der Waals surface area contributed by atoms with E-state index >= 15 is 0 Å². The van der Waals surface area contributed by atoms with Crippen LogP contribution in [0.25, 0.3) is 0 Å². The molecule has 1 heterocycles. The van der Waals surface area contributed by atoms with Gasteiger partial charge in [-0.15, -0.1) is 0 Å². The fourth-order valence-corrected chi connectivity index (χ4v) is 1.40. The lowest BCUT2D eigenvalue weighted by Crippen LogP contribution is -2.37. The molecule has 0 bridgehead atoms. The molecule has 2 atom stereocenters.